The molecule has 2 atom stereocenters. The maximum atomic E-state index is 5.67. The molecule has 1 fully saturated rings. The van der Waals surface area contributed by atoms with Crippen LogP contribution in [0.1, 0.15) is 39.5 Å². The number of hydrogen-bond acceptors (Lipinski definition) is 2. The molecule has 0 aromatic rings. The first-order valence-corrected chi connectivity index (χ1v) is 5.21. The first-order valence-electron chi connectivity index (χ1n) is 5.21. The van der Waals surface area contributed by atoms with Crippen LogP contribution in [0.4, 0.5) is 0 Å². The van der Waals surface area contributed by atoms with Gasteiger partial charge >= 0.3 is 0 Å². The van der Waals surface area contributed by atoms with Crippen molar-refractivity contribution in [3.05, 3.63) is 0 Å². The van der Waals surface area contributed by atoms with Crippen molar-refractivity contribution in [2.45, 2.75) is 51.7 Å². The molecule has 0 radical (unpaired) electrons. The van der Waals surface area contributed by atoms with E-state index in [9.17, 15) is 0 Å². The molecule has 1 saturated heterocycles. The molecule has 0 aliphatic carbocycles. The molecule has 0 bridgehead atoms. The Balaban J connectivity index is 2.08. The number of hydrogen-bond donors (Lipinski definition) is 1. The van der Waals surface area contributed by atoms with E-state index in [0.29, 0.717) is 6.10 Å². The van der Waals surface area contributed by atoms with E-state index in [4.69, 9.17) is 4.74 Å². The molecule has 72 valence electrons. The topological polar surface area (TPSA) is 21.3 Å². The minimum absolute atomic E-state index is 0.487. The van der Waals surface area contributed by atoms with Crippen LogP contribution < -0.4 is 5.32 Å². The van der Waals surface area contributed by atoms with E-state index < -0.39 is 0 Å². The zero-order chi connectivity index (χ0) is 8.81. The summed E-state index contributed by atoms with van der Waals surface area (Å²) in [5.41, 5.74) is 0. The lowest BCUT2D eigenvalue weighted by molar-refractivity contribution is 0.0657. The molecule has 1 aliphatic rings. The molecule has 12 heavy (non-hydrogen) atoms. The van der Waals surface area contributed by atoms with Crippen molar-refractivity contribution in [1.82, 2.24) is 5.32 Å². The Morgan fingerprint density at radius 2 is 2.17 bits per heavy atom. The van der Waals surface area contributed by atoms with E-state index in [0.717, 1.165) is 25.6 Å². The van der Waals surface area contributed by atoms with Crippen LogP contribution in [0, 0.1) is 0 Å². The summed E-state index contributed by atoms with van der Waals surface area (Å²) in [5.74, 6) is 0. The van der Waals surface area contributed by atoms with E-state index in [-0.39, 0.29) is 0 Å². The van der Waals surface area contributed by atoms with E-state index in [1.807, 2.05) is 0 Å². The van der Waals surface area contributed by atoms with Gasteiger partial charge in [0.05, 0.1) is 6.10 Å². The molecule has 0 aromatic carbocycles. The van der Waals surface area contributed by atoms with Crippen molar-refractivity contribution in [1.29, 1.82) is 0 Å². The van der Waals surface area contributed by atoms with Gasteiger partial charge in [0.25, 0.3) is 0 Å². The molecule has 0 spiro atoms. The second kappa shape index (κ2) is 5.55. The van der Waals surface area contributed by atoms with Crippen LogP contribution in [0.15, 0.2) is 0 Å². The van der Waals surface area contributed by atoms with Gasteiger partial charge in [-0.1, -0.05) is 20.3 Å². The Morgan fingerprint density at radius 3 is 2.83 bits per heavy atom. The fraction of sp³-hybridized carbons (Fsp3) is 1.00. The summed E-state index contributed by atoms with van der Waals surface area (Å²) in [4.78, 5) is 0. The summed E-state index contributed by atoms with van der Waals surface area (Å²) < 4.78 is 5.67. The first-order chi connectivity index (χ1) is 5.86. The van der Waals surface area contributed by atoms with Crippen molar-refractivity contribution in [3.63, 3.8) is 0 Å². The number of rotatable bonds is 5. The van der Waals surface area contributed by atoms with Gasteiger partial charge in [0.1, 0.15) is 0 Å². The van der Waals surface area contributed by atoms with Gasteiger partial charge in [-0.15, -0.1) is 0 Å². The van der Waals surface area contributed by atoms with E-state index in [1.54, 1.807) is 0 Å². The summed E-state index contributed by atoms with van der Waals surface area (Å²) >= 11 is 0. The molecular weight excluding hydrogens is 150 g/mol. The minimum atomic E-state index is 0.487. The molecule has 0 saturated carbocycles. The second-order valence-electron chi connectivity index (χ2n) is 3.62. The van der Waals surface area contributed by atoms with Crippen LogP contribution in [0.5, 0.6) is 0 Å². The fourth-order valence-electron chi connectivity index (χ4n) is 1.76. The quantitative estimate of drug-likeness (QED) is 0.682. The van der Waals surface area contributed by atoms with Crippen molar-refractivity contribution >= 4 is 0 Å². The van der Waals surface area contributed by atoms with E-state index in [2.05, 4.69) is 19.2 Å². The maximum absolute atomic E-state index is 5.67. The van der Waals surface area contributed by atoms with Gasteiger partial charge < -0.3 is 10.1 Å². The molecular formula is C10H21NO. The molecule has 2 heteroatoms. The third-order valence-corrected chi connectivity index (χ3v) is 2.38. The van der Waals surface area contributed by atoms with E-state index in [1.165, 1.54) is 19.3 Å². The summed E-state index contributed by atoms with van der Waals surface area (Å²) in [6.45, 7) is 6.38. The Labute approximate surface area is 75.7 Å². The zero-order valence-corrected chi connectivity index (χ0v) is 8.31. The predicted octanol–water partition coefficient (Wildman–Crippen LogP) is 1.94. The first kappa shape index (κ1) is 10.0. The molecule has 2 nitrogen and oxygen atoms in total. The molecule has 1 rings (SSSR count). The van der Waals surface area contributed by atoms with Crippen molar-refractivity contribution in [2.75, 3.05) is 13.2 Å². The van der Waals surface area contributed by atoms with Gasteiger partial charge in [-0.3, -0.25) is 0 Å². The maximum Gasteiger partial charge on any atom is 0.0714 e. The monoisotopic (exact) mass is 171 g/mol. The fourth-order valence-corrected chi connectivity index (χ4v) is 1.76. The summed E-state index contributed by atoms with van der Waals surface area (Å²) in [6, 6.07) is 0.719. The van der Waals surface area contributed by atoms with Crippen LogP contribution in [0.2, 0.25) is 0 Å². The highest BCUT2D eigenvalue weighted by Gasteiger charge is 2.23. The SMILES string of the molecule is CCCO[C@@H]1CN[C@@H](CCC)C1. The molecule has 0 amide bonds. The largest absolute Gasteiger partial charge is 0.377 e. The van der Waals surface area contributed by atoms with E-state index >= 15 is 0 Å². The van der Waals surface area contributed by atoms with Crippen molar-refractivity contribution in [2.24, 2.45) is 0 Å². The highest BCUT2D eigenvalue weighted by atomic mass is 16.5. The van der Waals surface area contributed by atoms with Crippen LogP contribution in [-0.4, -0.2) is 25.3 Å². The molecule has 0 unspecified atom stereocenters. The van der Waals surface area contributed by atoms with Crippen molar-refractivity contribution < 1.29 is 4.74 Å². The van der Waals surface area contributed by atoms with Gasteiger partial charge in [0.15, 0.2) is 0 Å². The van der Waals surface area contributed by atoms with Gasteiger partial charge in [-0.05, 0) is 19.3 Å². The molecule has 1 aliphatic heterocycles. The average Bonchev–Trinajstić information content (AvgIpc) is 2.50. The van der Waals surface area contributed by atoms with Crippen LogP contribution >= 0.6 is 0 Å². The van der Waals surface area contributed by atoms with Gasteiger partial charge in [0.2, 0.25) is 0 Å². The number of ether oxygens (including phenoxy) is 1. The smallest absolute Gasteiger partial charge is 0.0714 e. The van der Waals surface area contributed by atoms with Crippen LogP contribution in [-0.2, 0) is 4.74 Å². The Bertz CT molecular complexity index is 116. The highest BCUT2D eigenvalue weighted by molar-refractivity contribution is 4.81. The van der Waals surface area contributed by atoms with Crippen LogP contribution in [0.25, 0.3) is 0 Å². The lowest BCUT2D eigenvalue weighted by Gasteiger charge is -2.09. The Kier molecular flexibility index (Phi) is 4.62. The highest BCUT2D eigenvalue weighted by Crippen LogP contribution is 2.14. The summed E-state index contributed by atoms with van der Waals surface area (Å²) in [6.07, 6.45) is 5.41. The zero-order valence-electron chi connectivity index (χ0n) is 8.31. The lowest BCUT2D eigenvalue weighted by Crippen LogP contribution is -2.21. The Hall–Kier alpha value is -0.0800. The van der Waals surface area contributed by atoms with Gasteiger partial charge in [-0.25, -0.2) is 0 Å². The molecule has 1 N–H and O–H groups in total. The van der Waals surface area contributed by atoms with Gasteiger partial charge in [-0.2, -0.15) is 0 Å². The Morgan fingerprint density at radius 1 is 1.33 bits per heavy atom. The third kappa shape index (κ3) is 3.11. The lowest BCUT2D eigenvalue weighted by atomic mass is 10.1. The number of nitrogens with one attached hydrogen (secondary N) is 1. The standard InChI is InChI=1S/C10H21NO/c1-3-5-9-7-10(8-11-9)12-6-4-2/h9-11H,3-8H2,1-2H3/t9-,10-/m0/s1. The summed E-state index contributed by atoms with van der Waals surface area (Å²) in [7, 11) is 0. The normalized spacial score (nSPS) is 29.5. The molecule has 0 aromatic heterocycles. The van der Waals surface area contributed by atoms with Gasteiger partial charge in [0, 0.05) is 19.2 Å². The predicted molar refractivity (Wildman–Crippen MR) is 51.3 cm³/mol. The summed E-state index contributed by atoms with van der Waals surface area (Å²) in [5, 5.41) is 3.49. The second-order valence-corrected chi connectivity index (χ2v) is 3.62. The third-order valence-electron chi connectivity index (χ3n) is 2.38. The molecule has 1 heterocycles. The van der Waals surface area contributed by atoms with Crippen molar-refractivity contribution in [3.8, 4) is 0 Å². The minimum Gasteiger partial charge on any atom is -0.377 e. The van der Waals surface area contributed by atoms with Crippen LogP contribution in [0.3, 0.4) is 0 Å². The average molecular weight is 171 g/mol.